The molecule has 6 heteroatoms. The van der Waals surface area contributed by atoms with Crippen LogP contribution in [0.15, 0.2) is 36.5 Å². The number of benzene rings is 1. The van der Waals surface area contributed by atoms with E-state index in [2.05, 4.69) is 4.98 Å². The maximum Gasteiger partial charge on any atom is 0.490 e. The SMILES string of the molecule is CC(=O)c1ccc(-c2cc(B(O)O)cnc2N)cc1. The Bertz CT molecular complexity index is 612. The highest BCUT2D eigenvalue weighted by molar-refractivity contribution is 6.58. The molecule has 5 nitrogen and oxygen atoms in total. The molecule has 0 unspecified atom stereocenters. The van der Waals surface area contributed by atoms with Gasteiger partial charge in [0, 0.05) is 22.8 Å². The second-order valence-electron chi connectivity index (χ2n) is 4.21. The quantitative estimate of drug-likeness (QED) is 0.539. The first-order valence-electron chi connectivity index (χ1n) is 5.72. The molecule has 1 aromatic carbocycles. The normalized spacial score (nSPS) is 10.3. The molecule has 0 aliphatic rings. The van der Waals surface area contributed by atoms with Gasteiger partial charge in [-0.25, -0.2) is 4.98 Å². The van der Waals surface area contributed by atoms with Crippen LogP contribution in [0.25, 0.3) is 11.1 Å². The Hall–Kier alpha value is -2.18. The van der Waals surface area contributed by atoms with Crippen molar-refractivity contribution in [2.75, 3.05) is 5.73 Å². The summed E-state index contributed by atoms with van der Waals surface area (Å²) in [5.74, 6) is 0.275. The first-order valence-corrected chi connectivity index (χ1v) is 5.72. The number of Topliss-reactive ketones (excluding diaryl/α,β-unsaturated/α-hetero) is 1. The molecule has 0 saturated heterocycles. The number of nitrogen functional groups attached to an aromatic ring is 1. The van der Waals surface area contributed by atoms with Crippen molar-refractivity contribution >= 4 is 24.2 Å². The number of hydrogen-bond donors (Lipinski definition) is 3. The first kappa shape index (κ1) is 13.3. The fourth-order valence-electron chi connectivity index (χ4n) is 1.75. The number of carbonyl (C=O) groups is 1. The van der Waals surface area contributed by atoms with E-state index in [0.717, 1.165) is 5.56 Å². The highest BCUT2D eigenvalue weighted by Crippen LogP contribution is 2.23. The lowest BCUT2D eigenvalue weighted by molar-refractivity contribution is 0.101. The molecular formula is C13H13BN2O3. The van der Waals surface area contributed by atoms with Crippen molar-refractivity contribution in [3.05, 3.63) is 42.1 Å². The van der Waals surface area contributed by atoms with Gasteiger partial charge in [0.1, 0.15) is 5.82 Å². The van der Waals surface area contributed by atoms with E-state index in [9.17, 15) is 4.79 Å². The van der Waals surface area contributed by atoms with Gasteiger partial charge in [-0.15, -0.1) is 0 Å². The topological polar surface area (TPSA) is 96.4 Å². The zero-order valence-electron chi connectivity index (χ0n) is 10.4. The summed E-state index contributed by atoms with van der Waals surface area (Å²) in [6, 6.07) is 8.45. The summed E-state index contributed by atoms with van der Waals surface area (Å²) >= 11 is 0. The van der Waals surface area contributed by atoms with Gasteiger partial charge in [-0.3, -0.25) is 4.79 Å². The predicted molar refractivity (Wildman–Crippen MR) is 73.9 cm³/mol. The van der Waals surface area contributed by atoms with Crippen molar-refractivity contribution in [1.29, 1.82) is 0 Å². The third-order valence-corrected chi connectivity index (χ3v) is 2.84. The largest absolute Gasteiger partial charge is 0.490 e. The zero-order valence-corrected chi connectivity index (χ0v) is 10.4. The molecular weight excluding hydrogens is 243 g/mol. The second-order valence-corrected chi connectivity index (χ2v) is 4.21. The molecule has 0 aliphatic carbocycles. The summed E-state index contributed by atoms with van der Waals surface area (Å²) in [5, 5.41) is 18.3. The Kier molecular flexibility index (Phi) is 3.64. The third-order valence-electron chi connectivity index (χ3n) is 2.84. The van der Waals surface area contributed by atoms with E-state index >= 15 is 0 Å². The van der Waals surface area contributed by atoms with Crippen LogP contribution >= 0.6 is 0 Å². The van der Waals surface area contributed by atoms with Gasteiger partial charge in [-0.1, -0.05) is 24.3 Å². The van der Waals surface area contributed by atoms with Crippen molar-refractivity contribution in [2.24, 2.45) is 0 Å². The van der Waals surface area contributed by atoms with Gasteiger partial charge < -0.3 is 15.8 Å². The number of aromatic nitrogens is 1. The molecule has 2 aromatic rings. The maximum atomic E-state index is 11.2. The van der Waals surface area contributed by atoms with E-state index in [1.54, 1.807) is 30.3 Å². The number of hydrogen-bond acceptors (Lipinski definition) is 5. The Morgan fingerprint density at radius 1 is 1.26 bits per heavy atom. The Balaban J connectivity index is 2.45. The average molecular weight is 256 g/mol. The van der Waals surface area contributed by atoms with Crippen LogP contribution in [0, 0.1) is 0 Å². The van der Waals surface area contributed by atoms with Crippen LogP contribution in [0.5, 0.6) is 0 Å². The molecule has 0 radical (unpaired) electrons. The number of nitrogens with two attached hydrogens (primary N) is 1. The van der Waals surface area contributed by atoms with Gasteiger partial charge in [0.15, 0.2) is 5.78 Å². The Morgan fingerprint density at radius 2 is 1.89 bits per heavy atom. The molecule has 0 amide bonds. The minimum atomic E-state index is -1.59. The van der Waals surface area contributed by atoms with Crippen LogP contribution < -0.4 is 11.2 Å². The lowest BCUT2D eigenvalue weighted by Crippen LogP contribution is -2.30. The van der Waals surface area contributed by atoms with Crippen LogP contribution in [0.4, 0.5) is 5.82 Å². The van der Waals surface area contributed by atoms with Crippen molar-refractivity contribution in [1.82, 2.24) is 4.98 Å². The number of pyridine rings is 1. The van der Waals surface area contributed by atoms with E-state index < -0.39 is 7.12 Å². The molecule has 19 heavy (non-hydrogen) atoms. The van der Waals surface area contributed by atoms with Crippen molar-refractivity contribution < 1.29 is 14.8 Å². The Morgan fingerprint density at radius 3 is 2.42 bits per heavy atom. The van der Waals surface area contributed by atoms with Gasteiger partial charge in [-0.05, 0) is 18.6 Å². The summed E-state index contributed by atoms with van der Waals surface area (Å²) in [5.41, 5.74) is 8.01. The molecule has 0 bridgehead atoms. The zero-order chi connectivity index (χ0) is 14.0. The van der Waals surface area contributed by atoms with E-state index in [4.69, 9.17) is 15.8 Å². The van der Waals surface area contributed by atoms with Crippen LogP contribution in [0.2, 0.25) is 0 Å². The molecule has 0 fully saturated rings. The summed E-state index contributed by atoms with van der Waals surface area (Å²) in [6.45, 7) is 1.49. The molecule has 0 spiro atoms. The predicted octanol–water partition coefficient (Wildman–Crippen LogP) is 0.213. The molecule has 0 saturated carbocycles. The van der Waals surface area contributed by atoms with E-state index in [1.807, 2.05) is 0 Å². The maximum absolute atomic E-state index is 11.2. The standard InChI is InChI=1S/C13H13BN2O3/c1-8(17)9-2-4-10(5-3-9)12-6-11(14(18)19)7-16-13(12)15/h2-7,18-19H,1H3,(H2,15,16). The fourth-order valence-corrected chi connectivity index (χ4v) is 1.75. The fraction of sp³-hybridized carbons (Fsp3) is 0.0769. The van der Waals surface area contributed by atoms with Gasteiger partial charge in [0.2, 0.25) is 0 Å². The number of rotatable bonds is 3. The summed E-state index contributed by atoms with van der Waals surface area (Å²) in [6.07, 6.45) is 1.31. The molecule has 0 aliphatic heterocycles. The van der Waals surface area contributed by atoms with Crippen LogP contribution in [0.1, 0.15) is 17.3 Å². The van der Waals surface area contributed by atoms with Gasteiger partial charge >= 0.3 is 7.12 Å². The number of anilines is 1. The number of nitrogens with zero attached hydrogens (tertiary/aromatic N) is 1. The molecule has 1 aromatic heterocycles. The van der Waals surface area contributed by atoms with Crippen molar-refractivity contribution in [3.63, 3.8) is 0 Å². The summed E-state index contributed by atoms with van der Waals surface area (Å²) < 4.78 is 0. The molecule has 4 N–H and O–H groups in total. The highest BCUT2D eigenvalue weighted by Gasteiger charge is 2.14. The number of carbonyl (C=O) groups excluding carboxylic acids is 1. The van der Waals surface area contributed by atoms with Gasteiger partial charge in [0.25, 0.3) is 0 Å². The Labute approximate surface area is 110 Å². The molecule has 96 valence electrons. The molecule has 2 rings (SSSR count). The van der Waals surface area contributed by atoms with Crippen LogP contribution in [-0.2, 0) is 0 Å². The highest BCUT2D eigenvalue weighted by atomic mass is 16.4. The van der Waals surface area contributed by atoms with Crippen molar-refractivity contribution in [3.8, 4) is 11.1 Å². The average Bonchev–Trinajstić information content (AvgIpc) is 2.39. The monoisotopic (exact) mass is 256 g/mol. The lowest BCUT2D eigenvalue weighted by Gasteiger charge is -2.08. The van der Waals surface area contributed by atoms with Crippen LogP contribution in [-0.4, -0.2) is 27.9 Å². The van der Waals surface area contributed by atoms with Gasteiger partial charge in [-0.2, -0.15) is 0 Å². The van der Waals surface area contributed by atoms with E-state index in [1.165, 1.54) is 13.1 Å². The minimum Gasteiger partial charge on any atom is -0.423 e. The van der Waals surface area contributed by atoms with Crippen LogP contribution in [0.3, 0.4) is 0 Å². The third kappa shape index (κ3) is 2.81. The summed E-state index contributed by atoms with van der Waals surface area (Å²) in [7, 11) is -1.59. The lowest BCUT2D eigenvalue weighted by atomic mass is 9.80. The second kappa shape index (κ2) is 5.21. The molecule has 0 atom stereocenters. The molecule has 1 heterocycles. The number of ketones is 1. The minimum absolute atomic E-state index is 0.0165. The first-order chi connectivity index (χ1) is 8.99. The van der Waals surface area contributed by atoms with E-state index in [0.29, 0.717) is 16.9 Å². The van der Waals surface area contributed by atoms with Gasteiger partial charge in [0.05, 0.1) is 0 Å². The van der Waals surface area contributed by atoms with Crippen molar-refractivity contribution in [2.45, 2.75) is 6.92 Å². The smallest absolute Gasteiger partial charge is 0.423 e. The van der Waals surface area contributed by atoms with E-state index in [-0.39, 0.29) is 11.2 Å². The summed E-state index contributed by atoms with van der Waals surface area (Å²) in [4.78, 5) is 15.1.